The fraction of sp³-hybridized carbons (Fsp3) is 0.800. The quantitative estimate of drug-likeness (QED) is 0.921. The van der Waals surface area contributed by atoms with E-state index in [2.05, 4.69) is 36.0 Å². The van der Waals surface area contributed by atoms with Crippen LogP contribution in [0.2, 0.25) is 0 Å². The molecule has 1 aromatic heterocycles. The fourth-order valence-corrected chi connectivity index (χ4v) is 3.00. The average Bonchev–Trinajstić information content (AvgIpc) is 2.73. The molecular formula is C15H26N4O2. The normalized spacial score (nSPS) is 21.2. The lowest BCUT2D eigenvalue weighted by Gasteiger charge is -2.29. The van der Waals surface area contributed by atoms with Gasteiger partial charge in [0.15, 0.2) is 5.69 Å². The third-order valence-electron chi connectivity index (χ3n) is 4.45. The van der Waals surface area contributed by atoms with E-state index in [1.807, 2.05) is 0 Å². The number of rotatable bonds is 4. The number of aromatic nitrogens is 3. The largest absolute Gasteiger partial charge is 0.476 e. The minimum absolute atomic E-state index is 0.0127. The number of carboxylic acid groups (broad SMARTS) is 1. The van der Waals surface area contributed by atoms with E-state index in [9.17, 15) is 4.79 Å². The minimum Gasteiger partial charge on any atom is -0.476 e. The van der Waals surface area contributed by atoms with E-state index in [0.717, 1.165) is 25.6 Å². The van der Waals surface area contributed by atoms with Gasteiger partial charge in [0.2, 0.25) is 0 Å². The van der Waals surface area contributed by atoms with Crippen molar-refractivity contribution in [1.82, 2.24) is 19.9 Å². The molecule has 1 unspecified atom stereocenters. The number of hydrogen-bond donors (Lipinski definition) is 1. The smallest absolute Gasteiger partial charge is 0.358 e. The van der Waals surface area contributed by atoms with Crippen molar-refractivity contribution in [3.05, 3.63) is 11.9 Å². The maximum atomic E-state index is 10.8. The van der Waals surface area contributed by atoms with E-state index < -0.39 is 5.97 Å². The molecule has 1 aliphatic heterocycles. The van der Waals surface area contributed by atoms with Crippen LogP contribution in [-0.4, -0.2) is 50.6 Å². The molecule has 118 valence electrons. The van der Waals surface area contributed by atoms with Crippen molar-refractivity contribution in [3.8, 4) is 0 Å². The molecule has 0 aromatic carbocycles. The van der Waals surface area contributed by atoms with Gasteiger partial charge < -0.3 is 10.0 Å². The summed E-state index contributed by atoms with van der Waals surface area (Å²) in [4.78, 5) is 13.2. The highest BCUT2D eigenvalue weighted by Crippen LogP contribution is 2.34. The molecule has 0 amide bonds. The maximum absolute atomic E-state index is 10.8. The Hall–Kier alpha value is -1.43. The van der Waals surface area contributed by atoms with Crippen LogP contribution in [0.1, 0.15) is 50.5 Å². The number of likely N-dealkylation sites (tertiary alicyclic amines) is 1. The first-order valence-corrected chi connectivity index (χ1v) is 7.72. The van der Waals surface area contributed by atoms with Crippen LogP contribution in [0.3, 0.4) is 0 Å². The molecule has 0 aliphatic carbocycles. The number of carboxylic acids is 1. The van der Waals surface area contributed by atoms with E-state index in [4.69, 9.17) is 5.11 Å². The molecular weight excluding hydrogens is 268 g/mol. The van der Waals surface area contributed by atoms with Crippen molar-refractivity contribution in [2.45, 2.75) is 46.6 Å². The molecule has 0 radical (unpaired) electrons. The zero-order valence-electron chi connectivity index (χ0n) is 13.2. The molecule has 1 aliphatic rings. The Balaban J connectivity index is 1.82. The summed E-state index contributed by atoms with van der Waals surface area (Å²) in [5.74, 6) is -0.239. The molecule has 0 spiro atoms. The Labute approximate surface area is 126 Å². The van der Waals surface area contributed by atoms with Gasteiger partial charge in [0.05, 0.1) is 12.7 Å². The summed E-state index contributed by atoms with van der Waals surface area (Å²) < 4.78 is 1.62. The van der Waals surface area contributed by atoms with Crippen molar-refractivity contribution in [1.29, 1.82) is 0 Å². The maximum Gasteiger partial charge on any atom is 0.358 e. The SMILES string of the molecule is CC(C)(C)C1CCCN(CCn2cc(C(=O)O)nn2)CC1. The summed E-state index contributed by atoms with van der Waals surface area (Å²) in [6.45, 7) is 10.8. The second-order valence-electron chi connectivity index (χ2n) is 7.01. The Morgan fingerprint density at radius 1 is 1.33 bits per heavy atom. The Morgan fingerprint density at radius 2 is 2.10 bits per heavy atom. The molecule has 0 bridgehead atoms. The van der Waals surface area contributed by atoms with Gasteiger partial charge in [-0.3, -0.25) is 4.68 Å². The van der Waals surface area contributed by atoms with Gasteiger partial charge >= 0.3 is 5.97 Å². The zero-order chi connectivity index (χ0) is 15.5. The molecule has 0 saturated carbocycles. The lowest BCUT2D eigenvalue weighted by Crippen LogP contribution is -2.29. The van der Waals surface area contributed by atoms with E-state index >= 15 is 0 Å². The van der Waals surface area contributed by atoms with Crippen LogP contribution < -0.4 is 0 Å². The lowest BCUT2D eigenvalue weighted by atomic mass is 9.77. The molecule has 21 heavy (non-hydrogen) atoms. The van der Waals surface area contributed by atoms with E-state index in [1.54, 1.807) is 4.68 Å². The molecule has 1 N–H and O–H groups in total. The second kappa shape index (κ2) is 6.56. The van der Waals surface area contributed by atoms with Crippen molar-refractivity contribution in [2.75, 3.05) is 19.6 Å². The standard InChI is InChI=1S/C15H26N4O2/c1-15(2,3)12-5-4-7-18(8-6-12)9-10-19-11-13(14(20)21)16-17-19/h11-12H,4-10H2,1-3H3,(H,20,21). The number of carbonyl (C=O) groups is 1. The zero-order valence-corrected chi connectivity index (χ0v) is 13.2. The van der Waals surface area contributed by atoms with Crippen molar-refractivity contribution in [2.24, 2.45) is 11.3 Å². The van der Waals surface area contributed by atoms with E-state index in [0.29, 0.717) is 12.0 Å². The van der Waals surface area contributed by atoms with Crippen molar-refractivity contribution >= 4 is 5.97 Å². The topological polar surface area (TPSA) is 71.2 Å². The Bertz CT molecular complexity index is 478. The average molecular weight is 294 g/mol. The van der Waals surface area contributed by atoms with Gasteiger partial charge in [-0.25, -0.2) is 4.79 Å². The van der Waals surface area contributed by atoms with Gasteiger partial charge in [0, 0.05) is 6.54 Å². The van der Waals surface area contributed by atoms with Crippen LogP contribution in [0.4, 0.5) is 0 Å². The highest BCUT2D eigenvalue weighted by molar-refractivity contribution is 5.84. The third kappa shape index (κ3) is 4.52. The molecule has 1 fully saturated rings. The van der Waals surface area contributed by atoms with Crippen molar-refractivity contribution < 1.29 is 9.90 Å². The molecule has 6 heteroatoms. The Kier molecular flexibility index (Phi) is 4.98. The van der Waals surface area contributed by atoms with E-state index in [-0.39, 0.29) is 5.69 Å². The van der Waals surface area contributed by atoms with Gasteiger partial charge in [-0.05, 0) is 43.7 Å². The van der Waals surface area contributed by atoms with E-state index in [1.165, 1.54) is 25.5 Å². The van der Waals surface area contributed by atoms with Gasteiger partial charge in [0.1, 0.15) is 0 Å². The van der Waals surface area contributed by atoms with Gasteiger partial charge in [-0.2, -0.15) is 0 Å². The predicted octanol–water partition coefficient (Wildman–Crippen LogP) is 2.12. The molecule has 2 heterocycles. The third-order valence-corrected chi connectivity index (χ3v) is 4.45. The molecule has 6 nitrogen and oxygen atoms in total. The van der Waals surface area contributed by atoms with Crippen LogP contribution in [0, 0.1) is 11.3 Å². The molecule has 1 aromatic rings. The number of hydrogen-bond acceptors (Lipinski definition) is 4. The Morgan fingerprint density at radius 3 is 2.71 bits per heavy atom. The first kappa shape index (κ1) is 15.9. The van der Waals surface area contributed by atoms with Gasteiger partial charge in [0.25, 0.3) is 0 Å². The van der Waals surface area contributed by atoms with Crippen LogP contribution in [0.5, 0.6) is 0 Å². The molecule has 1 saturated heterocycles. The summed E-state index contributed by atoms with van der Waals surface area (Å²) in [6.07, 6.45) is 5.27. The monoisotopic (exact) mass is 294 g/mol. The molecule has 1 atom stereocenters. The summed E-state index contributed by atoms with van der Waals surface area (Å²) in [5, 5.41) is 16.3. The lowest BCUT2D eigenvalue weighted by molar-refractivity contribution is 0.0690. The predicted molar refractivity (Wildman–Crippen MR) is 80.2 cm³/mol. The summed E-state index contributed by atoms with van der Waals surface area (Å²) in [5.41, 5.74) is 0.400. The molecule has 2 rings (SSSR count). The highest BCUT2D eigenvalue weighted by Gasteiger charge is 2.26. The summed E-state index contributed by atoms with van der Waals surface area (Å²) >= 11 is 0. The van der Waals surface area contributed by atoms with Crippen LogP contribution >= 0.6 is 0 Å². The van der Waals surface area contributed by atoms with Gasteiger partial charge in [-0.15, -0.1) is 5.10 Å². The number of nitrogens with zero attached hydrogens (tertiary/aromatic N) is 4. The van der Waals surface area contributed by atoms with Crippen LogP contribution in [0.25, 0.3) is 0 Å². The minimum atomic E-state index is -1.02. The van der Waals surface area contributed by atoms with Crippen LogP contribution in [0.15, 0.2) is 6.20 Å². The first-order valence-electron chi connectivity index (χ1n) is 7.72. The highest BCUT2D eigenvalue weighted by atomic mass is 16.4. The first-order chi connectivity index (χ1) is 9.86. The fourth-order valence-electron chi connectivity index (χ4n) is 3.00. The van der Waals surface area contributed by atoms with Gasteiger partial charge in [-0.1, -0.05) is 26.0 Å². The van der Waals surface area contributed by atoms with Crippen molar-refractivity contribution in [3.63, 3.8) is 0 Å². The summed E-state index contributed by atoms with van der Waals surface area (Å²) in [6, 6.07) is 0. The summed E-state index contributed by atoms with van der Waals surface area (Å²) in [7, 11) is 0. The number of aromatic carboxylic acids is 1. The second-order valence-corrected chi connectivity index (χ2v) is 7.01. The van der Waals surface area contributed by atoms with Crippen LogP contribution in [-0.2, 0) is 6.54 Å².